The summed E-state index contributed by atoms with van der Waals surface area (Å²) in [5.74, 6) is 1.60. The fraction of sp³-hybridized carbons (Fsp3) is 0.524. The first-order valence-electron chi connectivity index (χ1n) is 9.27. The van der Waals surface area contributed by atoms with E-state index in [1.165, 1.54) is 79.2 Å². The van der Waals surface area contributed by atoms with Crippen LogP contribution >= 0.6 is 0 Å². The van der Waals surface area contributed by atoms with Crippen molar-refractivity contribution in [2.75, 3.05) is 5.32 Å². The molecule has 0 atom stereocenters. The highest BCUT2D eigenvalue weighted by molar-refractivity contribution is 5.93. The topological polar surface area (TPSA) is 27.8 Å². The van der Waals surface area contributed by atoms with Crippen molar-refractivity contribution in [3.63, 3.8) is 0 Å². The molecule has 1 aromatic heterocycles. The number of benzene rings is 1. The smallest absolute Gasteiger partial charge is 0.0639 e. The van der Waals surface area contributed by atoms with Gasteiger partial charge in [0.1, 0.15) is 0 Å². The molecule has 2 heteroatoms. The average molecular weight is 306 g/mol. The van der Waals surface area contributed by atoms with Gasteiger partial charge in [-0.25, -0.2) is 0 Å². The van der Waals surface area contributed by atoms with Crippen molar-refractivity contribution in [2.24, 2.45) is 17.3 Å². The number of hydrogen-bond donors (Lipinski definition) is 2. The first-order chi connectivity index (χ1) is 11.2. The van der Waals surface area contributed by atoms with Crippen molar-refractivity contribution < 1.29 is 0 Å². The van der Waals surface area contributed by atoms with Gasteiger partial charge in [-0.2, -0.15) is 0 Å². The first kappa shape index (κ1) is 13.7. The molecule has 0 unspecified atom stereocenters. The van der Waals surface area contributed by atoms with Gasteiger partial charge in [0.05, 0.1) is 5.69 Å². The van der Waals surface area contributed by atoms with Crippen LogP contribution in [0.4, 0.5) is 5.69 Å². The van der Waals surface area contributed by atoms with Crippen LogP contribution < -0.4 is 5.32 Å². The zero-order valence-corrected chi connectivity index (χ0v) is 13.8. The molecule has 23 heavy (non-hydrogen) atoms. The summed E-state index contributed by atoms with van der Waals surface area (Å²) in [4.78, 5) is 3.40. The zero-order valence-electron chi connectivity index (χ0n) is 13.8. The standard InChI is InChI=1S/C21H26N2/c1-14(17-11-21(12-17)7-8-21)23-20-13-22-19-6-5-16(10-18(19)20)9-15-3-2-4-15/h5-6,10,13,15,17,22-23H,1-4,7-9,11-12H2. The summed E-state index contributed by atoms with van der Waals surface area (Å²) in [5, 5.41) is 4.94. The summed E-state index contributed by atoms with van der Waals surface area (Å²) in [5.41, 5.74) is 5.87. The van der Waals surface area contributed by atoms with E-state index < -0.39 is 0 Å². The number of aromatic amines is 1. The molecule has 3 aliphatic carbocycles. The Bertz CT molecular complexity index is 753. The Morgan fingerprint density at radius 3 is 2.78 bits per heavy atom. The van der Waals surface area contributed by atoms with Crippen molar-refractivity contribution in [3.8, 4) is 0 Å². The molecule has 0 aliphatic heterocycles. The highest BCUT2D eigenvalue weighted by atomic mass is 14.9. The van der Waals surface area contributed by atoms with Gasteiger partial charge in [0.25, 0.3) is 0 Å². The molecule has 0 radical (unpaired) electrons. The molecule has 0 bridgehead atoms. The zero-order chi connectivity index (χ0) is 15.4. The van der Waals surface area contributed by atoms with Gasteiger partial charge in [-0.15, -0.1) is 0 Å². The third-order valence-corrected chi connectivity index (χ3v) is 6.60. The maximum absolute atomic E-state index is 4.32. The molecular formula is C21H26N2. The number of nitrogens with one attached hydrogen (secondary N) is 2. The van der Waals surface area contributed by atoms with Crippen molar-refractivity contribution in [2.45, 2.75) is 51.4 Å². The fourth-order valence-electron chi connectivity index (χ4n) is 4.52. The van der Waals surface area contributed by atoms with Crippen LogP contribution in [0, 0.1) is 17.3 Å². The predicted molar refractivity (Wildman–Crippen MR) is 96.5 cm³/mol. The SMILES string of the molecule is C=C(Nc1c[nH]c2ccc(CC3CCC3)cc12)C1CC2(CC2)C1. The molecule has 2 nitrogen and oxygen atoms in total. The maximum Gasteiger partial charge on any atom is 0.0639 e. The third kappa shape index (κ3) is 2.39. The normalized spacial score (nSPS) is 22.8. The van der Waals surface area contributed by atoms with Crippen LogP contribution in [0.15, 0.2) is 36.7 Å². The molecule has 1 aromatic carbocycles. The summed E-state index contributed by atoms with van der Waals surface area (Å²) >= 11 is 0. The Hall–Kier alpha value is -1.70. The van der Waals surface area contributed by atoms with Crippen molar-refractivity contribution >= 4 is 16.6 Å². The number of anilines is 1. The van der Waals surface area contributed by atoms with Crippen LogP contribution in [0.2, 0.25) is 0 Å². The average Bonchev–Trinajstić information content (AvgIpc) is 3.19. The third-order valence-electron chi connectivity index (χ3n) is 6.60. The number of fused-ring (bicyclic) bond motifs is 1. The molecule has 0 saturated heterocycles. The van der Waals surface area contributed by atoms with E-state index in [4.69, 9.17) is 0 Å². The molecular weight excluding hydrogens is 280 g/mol. The van der Waals surface area contributed by atoms with Crippen LogP contribution in [0.5, 0.6) is 0 Å². The van der Waals surface area contributed by atoms with Crippen LogP contribution in [0.3, 0.4) is 0 Å². The molecule has 2 N–H and O–H groups in total. The van der Waals surface area contributed by atoms with Gasteiger partial charge in [0.2, 0.25) is 0 Å². The minimum Gasteiger partial charge on any atom is -0.359 e. The summed E-state index contributed by atoms with van der Waals surface area (Å²) in [6.07, 6.45) is 13.2. The molecule has 0 amide bonds. The monoisotopic (exact) mass is 306 g/mol. The van der Waals surface area contributed by atoms with E-state index in [1.54, 1.807) is 0 Å². The van der Waals surface area contributed by atoms with Gasteiger partial charge in [-0.3, -0.25) is 0 Å². The van der Waals surface area contributed by atoms with Gasteiger partial charge in [-0.05, 0) is 67.1 Å². The Labute approximate surface area is 138 Å². The quantitative estimate of drug-likeness (QED) is 0.736. The van der Waals surface area contributed by atoms with Crippen LogP contribution in [0.1, 0.15) is 50.5 Å². The molecule has 1 heterocycles. The molecule has 3 saturated carbocycles. The summed E-state index contributed by atoms with van der Waals surface area (Å²) in [6.45, 7) is 4.32. The van der Waals surface area contributed by atoms with Crippen molar-refractivity contribution in [1.82, 2.24) is 4.98 Å². The second-order valence-corrected chi connectivity index (χ2v) is 8.34. The first-order valence-corrected chi connectivity index (χ1v) is 9.27. The minimum absolute atomic E-state index is 0.681. The summed E-state index contributed by atoms with van der Waals surface area (Å²) < 4.78 is 0. The summed E-state index contributed by atoms with van der Waals surface area (Å²) in [6, 6.07) is 6.90. The Morgan fingerprint density at radius 1 is 1.26 bits per heavy atom. The van der Waals surface area contributed by atoms with E-state index in [2.05, 4.69) is 41.3 Å². The molecule has 5 rings (SSSR count). The van der Waals surface area contributed by atoms with Gasteiger partial charge >= 0.3 is 0 Å². The molecule has 2 aromatic rings. The van der Waals surface area contributed by atoms with Gasteiger partial charge < -0.3 is 10.3 Å². The van der Waals surface area contributed by atoms with Crippen molar-refractivity contribution in [1.29, 1.82) is 0 Å². The van der Waals surface area contributed by atoms with E-state index in [0.29, 0.717) is 5.92 Å². The minimum atomic E-state index is 0.681. The van der Waals surface area contributed by atoms with E-state index >= 15 is 0 Å². The number of aromatic nitrogens is 1. The van der Waals surface area contributed by atoms with Crippen LogP contribution in [0.25, 0.3) is 10.9 Å². The van der Waals surface area contributed by atoms with E-state index in [9.17, 15) is 0 Å². The number of rotatable bonds is 5. The highest BCUT2D eigenvalue weighted by Gasteiger charge is 2.53. The van der Waals surface area contributed by atoms with E-state index in [-0.39, 0.29) is 0 Å². The van der Waals surface area contributed by atoms with Crippen LogP contribution in [-0.2, 0) is 6.42 Å². The predicted octanol–water partition coefficient (Wildman–Crippen LogP) is 5.63. The lowest BCUT2D eigenvalue weighted by molar-refractivity contribution is 0.203. The number of hydrogen-bond acceptors (Lipinski definition) is 1. The second-order valence-electron chi connectivity index (χ2n) is 8.34. The largest absolute Gasteiger partial charge is 0.359 e. The Balaban J connectivity index is 1.33. The van der Waals surface area contributed by atoms with Gasteiger partial charge in [0.15, 0.2) is 0 Å². The second kappa shape index (κ2) is 4.90. The Morgan fingerprint density at radius 2 is 2.09 bits per heavy atom. The van der Waals surface area contributed by atoms with Gasteiger partial charge in [-0.1, -0.05) is 31.9 Å². The molecule has 3 fully saturated rings. The maximum atomic E-state index is 4.32. The lowest BCUT2D eigenvalue weighted by Gasteiger charge is -2.37. The summed E-state index contributed by atoms with van der Waals surface area (Å²) in [7, 11) is 0. The van der Waals surface area contributed by atoms with E-state index in [1.807, 2.05) is 0 Å². The van der Waals surface area contributed by atoms with Gasteiger partial charge in [0, 0.05) is 22.8 Å². The lowest BCUT2D eigenvalue weighted by atomic mass is 9.70. The lowest BCUT2D eigenvalue weighted by Crippen LogP contribution is -2.28. The fourth-order valence-corrected chi connectivity index (χ4v) is 4.52. The van der Waals surface area contributed by atoms with Crippen LogP contribution in [-0.4, -0.2) is 4.98 Å². The Kier molecular flexibility index (Phi) is 2.92. The molecule has 1 spiro atoms. The number of H-pyrrole nitrogens is 1. The molecule has 120 valence electrons. The van der Waals surface area contributed by atoms with Crippen molar-refractivity contribution in [3.05, 3.63) is 42.2 Å². The van der Waals surface area contributed by atoms with E-state index in [0.717, 1.165) is 11.3 Å². The molecule has 3 aliphatic rings. The number of allylic oxidation sites excluding steroid dienone is 1. The highest BCUT2D eigenvalue weighted by Crippen LogP contribution is 2.64.